The summed E-state index contributed by atoms with van der Waals surface area (Å²) in [6, 6.07) is 11.3. The smallest absolute Gasteiger partial charge is 0.176 e. The predicted molar refractivity (Wildman–Crippen MR) is 74.7 cm³/mol. The Kier molecular flexibility index (Phi) is 4.42. The van der Waals surface area contributed by atoms with Crippen molar-refractivity contribution >= 4 is 17.4 Å². The first-order valence-electron chi connectivity index (χ1n) is 5.75. The lowest BCUT2D eigenvalue weighted by Crippen LogP contribution is -2.17. The number of ether oxygens (including phenoxy) is 1. The number of halogens is 2. The molecule has 0 aliphatic rings. The molecule has 0 atom stereocenters. The molecule has 0 aliphatic carbocycles. The number of nitrogens with zero attached hydrogens (tertiary/aromatic N) is 1. The van der Waals surface area contributed by atoms with Crippen molar-refractivity contribution in [2.75, 3.05) is 0 Å². The van der Waals surface area contributed by atoms with Gasteiger partial charge in [-0.1, -0.05) is 35.0 Å². The number of rotatable bonds is 4. The molecule has 2 rings (SSSR count). The summed E-state index contributed by atoms with van der Waals surface area (Å²) < 4.78 is 19.2. The average molecular weight is 295 g/mol. The standard InChI is InChI=1S/C14H12ClFN2O2/c15-10-6-4-9(5-7-10)8-20-12-3-1-2-11(16)13(12)14(17)18-19/h1-7,19H,8H2,(H2,17,18). The van der Waals surface area contributed by atoms with Crippen molar-refractivity contribution in [1.82, 2.24) is 0 Å². The molecule has 0 heterocycles. The Labute approximate surface area is 120 Å². The Morgan fingerprint density at radius 2 is 1.95 bits per heavy atom. The molecule has 0 fully saturated rings. The highest BCUT2D eigenvalue weighted by Crippen LogP contribution is 2.22. The van der Waals surface area contributed by atoms with Crippen molar-refractivity contribution in [2.24, 2.45) is 10.9 Å². The predicted octanol–water partition coefficient (Wildman–Crippen LogP) is 3.15. The summed E-state index contributed by atoms with van der Waals surface area (Å²) in [6.45, 7) is 0.215. The lowest BCUT2D eigenvalue weighted by atomic mass is 10.1. The number of hydrogen-bond donors (Lipinski definition) is 2. The molecule has 0 bridgehead atoms. The van der Waals surface area contributed by atoms with E-state index in [0.29, 0.717) is 5.02 Å². The van der Waals surface area contributed by atoms with E-state index in [2.05, 4.69) is 5.16 Å². The molecule has 104 valence electrons. The van der Waals surface area contributed by atoms with Crippen molar-refractivity contribution in [3.8, 4) is 5.75 Å². The van der Waals surface area contributed by atoms with Crippen LogP contribution in [0.2, 0.25) is 5.02 Å². The maximum absolute atomic E-state index is 13.7. The van der Waals surface area contributed by atoms with Crippen LogP contribution >= 0.6 is 11.6 Å². The monoisotopic (exact) mass is 294 g/mol. The fourth-order valence-electron chi connectivity index (χ4n) is 1.66. The molecule has 0 aromatic heterocycles. The summed E-state index contributed by atoms with van der Waals surface area (Å²) in [7, 11) is 0. The van der Waals surface area contributed by atoms with Gasteiger partial charge in [0.05, 0.1) is 5.56 Å². The average Bonchev–Trinajstić information content (AvgIpc) is 2.46. The van der Waals surface area contributed by atoms with Gasteiger partial charge in [-0.05, 0) is 29.8 Å². The van der Waals surface area contributed by atoms with Gasteiger partial charge in [-0.3, -0.25) is 0 Å². The molecule has 2 aromatic rings. The second-order valence-corrected chi connectivity index (χ2v) is 4.45. The molecule has 3 N–H and O–H groups in total. The van der Waals surface area contributed by atoms with E-state index >= 15 is 0 Å². The summed E-state index contributed by atoms with van der Waals surface area (Å²) in [5, 5.41) is 12.1. The van der Waals surface area contributed by atoms with Crippen LogP contribution in [0, 0.1) is 5.82 Å². The summed E-state index contributed by atoms with van der Waals surface area (Å²) >= 11 is 5.78. The molecule has 0 saturated carbocycles. The topological polar surface area (TPSA) is 67.8 Å². The molecular formula is C14H12ClFN2O2. The van der Waals surface area contributed by atoms with Crippen molar-refractivity contribution in [3.05, 3.63) is 64.4 Å². The van der Waals surface area contributed by atoms with Crippen LogP contribution in [0.25, 0.3) is 0 Å². The number of amidine groups is 1. The quantitative estimate of drug-likeness (QED) is 0.394. The maximum atomic E-state index is 13.7. The summed E-state index contributed by atoms with van der Waals surface area (Å²) in [5.74, 6) is -0.752. The van der Waals surface area contributed by atoms with E-state index in [0.717, 1.165) is 5.56 Å². The molecule has 2 aromatic carbocycles. The van der Waals surface area contributed by atoms with Crippen LogP contribution < -0.4 is 10.5 Å². The molecule has 6 heteroatoms. The van der Waals surface area contributed by atoms with E-state index in [4.69, 9.17) is 27.3 Å². The minimum atomic E-state index is -0.617. The molecular weight excluding hydrogens is 283 g/mol. The van der Waals surface area contributed by atoms with Crippen molar-refractivity contribution in [3.63, 3.8) is 0 Å². The van der Waals surface area contributed by atoms with Gasteiger partial charge in [0.15, 0.2) is 5.84 Å². The maximum Gasteiger partial charge on any atom is 0.176 e. The van der Waals surface area contributed by atoms with Crippen molar-refractivity contribution in [1.29, 1.82) is 0 Å². The lowest BCUT2D eigenvalue weighted by Gasteiger charge is -2.11. The summed E-state index contributed by atoms with van der Waals surface area (Å²) in [6.07, 6.45) is 0. The van der Waals surface area contributed by atoms with E-state index in [-0.39, 0.29) is 23.8 Å². The Bertz CT molecular complexity index is 630. The molecule has 0 saturated heterocycles. The van der Waals surface area contributed by atoms with Crippen LogP contribution in [0.5, 0.6) is 5.75 Å². The fourth-order valence-corrected chi connectivity index (χ4v) is 1.79. The molecule has 4 nitrogen and oxygen atoms in total. The number of hydrogen-bond acceptors (Lipinski definition) is 3. The third-order valence-electron chi connectivity index (χ3n) is 2.65. The van der Waals surface area contributed by atoms with Gasteiger partial charge in [0.1, 0.15) is 18.2 Å². The third kappa shape index (κ3) is 3.19. The zero-order valence-corrected chi connectivity index (χ0v) is 11.1. The lowest BCUT2D eigenvalue weighted by molar-refractivity contribution is 0.301. The van der Waals surface area contributed by atoms with E-state index in [1.54, 1.807) is 30.3 Å². The highest BCUT2D eigenvalue weighted by atomic mass is 35.5. The zero-order valence-electron chi connectivity index (χ0n) is 10.4. The van der Waals surface area contributed by atoms with Gasteiger partial charge >= 0.3 is 0 Å². The highest BCUT2D eigenvalue weighted by Gasteiger charge is 2.14. The van der Waals surface area contributed by atoms with Crippen molar-refractivity contribution in [2.45, 2.75) is 6.61 Å². The van der Waals surface area contributed by atoms with Crippen molar-refractivity contribution < 1.29 is 14.3 Å². The molecule has 0 unspecified atom stereocenters. The first-order valence-corrected chi connectivity index (χ1v) is 6.13. The van der Waals surface area contributed by atoms with E-state index in [1.165, 1.54) is 12.1 Å². The first kappa shape index (κ1) is 14.1. The molecule has 0 spiro atoms. The van der Waals surface area contributed by atoms with Crippen LogP contribution in [0.1, 0.15) is 11.1 Å². The summed E-state index contributed by atoms with van der Waals surface area (Å²) in [4.78, 5) is 0. The number of oxime groups is 1. The second kappa shape index (κ2) is 6.25. The van der Waals surface area contributed by atoms with Crippen LogP contribution in [-0.4, -0.2) is 11.0 Å². The zero-order chi connectivity index (χ0) is 14.5. The first-order chi connectivity index (χ1) is 9.61. The van der Waals surface area contributed by atoms with E-state index in [9.17, 15) is 4.39 Å². The molecule has 0 aliphatic heterocycles. The van der Waals surface area contributed by atoms with Crippen LogP contribution in [0.4, 0.5) is 4.39 Å². The van der Waals surface area contributed by atoms with Gasteiger partial charge in [0.2, 0.25) is 0 Å². The Balaban J connectivity index is 2.21. The normalized spacial score (nSPS) is 11.4. The Morgan fingerprint density at radius 3 is 2.60 bits per heavy atom. The van der Waals surface area contributed by atoms with Crippen LogP contribution in [-0.2, 0) is 6.61 Å². The molecule has 0 amide bonds. The SMILES string of the molecule is NC(=NO)c1c(F)cccc1OCc1ccc(Cl)cc1. The molecule has 0 radical (unpaired) electrons. The van der Waals surface area contributed by atoms with Gasteiger partial charge < -0.3 is 15.7 Å². The Hall–Kier alpha value is -2.27. The minimum Gasteiger partial charge on any atom is -0.488 e. The largest absolute Gasteiger partial charge is 0.488 e. The van der Waals surface area contributed by atoms with Gasteiger partial charge in [-0.25, -0.2) is 4.39 Å². The Morgan fingerprint density at radius 1 is 1.25 bits per heavy atom. The van der Waals surface area contributed by atoms with Gasteiger partial charge in [0.25, 0.3) is 0 Å². The second-order valence-electron chi connectivity index (χ2n) is 4.01. The number of nitrogens with two attached hydrogens (primary N) is 1. The van der Waals surface area contributed by atoms with Crippen LogP contribution in [0.15, 0.2) is 47.6 Å². The summed E-state index contributed by atoms with van der Waals surface area (Å²) in [5.41, 5.74) is 6.25. The van der Waals surface area contributed by atoms with Gasteiger partial charge in [-0.2, -0.15) is 0 Å². The van der Waals surface area contributed by atoms with E-state index in [1.807, 2.05) is 0 Å². The minimum absolute atomic E-state index is 0.0658. The fraction of sp³-hybridized carbons (Fsp3) is 0.0714. The third-order valence-corrected chi connectivity index (χ3v) is 2.90. The van der Waals surface area contributed by atoms with Crippen LogP contribution in [0.3, 0.4) is 0 Å². The highest BCUT2D eigenvalue weighted by molar-refractivity contribution is 6.30. The van der Waals surface area contributed by atoms with E-state index < -0.39 is 5.82 Å². The van der Waals surface area contributed by atoms with Gasteiger partial charge in [-0.15, -0.1) is 0 Å². The number of benzene rings is 2. The molecule has 20 heavy (non-hydrogen) atoms. The van der Waals surface area contributed by atoms with Gasteiger partial charge in [0, 0.05) is 5.02 Å².